The summed E-state index contributed by atoms with van der Waals surface area (Å²) >= 11 is 0. The van der Waals surface area contributed by atoms with E-state index in [1.807, 2.05) is 91.0 Å². The Labute approximate surface area is 242 Å². The van der Waals surface area contributed by atoms with Gasteiger partial charge in [0.05, 0.1) is 28.7 Å². The van der Waals surface area contributed by atoms with Gasteiger partial charge in [0.2, 0.25) is 0 Å². The quantitative estimate of drug-likeness (QED) is 0.131. The first kappa shape index (κ1) is 26.5. The van der Waals surface area contributed by atoms with E-state index in [2.05, 4.69) is 16.8 Å². The Morgan fingerprint density at radius 2 is 1.57 bits per heavy atom. The maximum Gasteiger partial charge on any atom is 0.269 e. The number of benzene rings is 4. The standard InChI is InChI=1S/C34H25N3O5/c38-34-28-19-18-25(37(39)40)22-29(28)30(23-42-27-14-5-2-6-15-27)31(17-9-21-41-26-12-3-1-4-13-26)36(34)32-16-7-10-24-11-8-20-35-33(24)32/h1-8,10-16,18-20,22,30-31H,21,23H2. The Bertz CT molecular complexity index is 1810. The topological polar surface area (TPSA) is 94.8 Å². The number of nitrogens with zero attached hydrogens (tertiary/aromatic N) is 3. The smallest absolute Gasteiger partial charge is 0.269 e. The average molecular weight is 556 g/mol. The first-order valence-electron chi connectivity index (χ1n) is 13.4. The number of amides is 1. The van der Waals surface area contributed by atoms with Gasteiger partial charge in [-0.15, -0.1) is 0 Å². The van der Waals surface area contributed by atoms with Gasteiger partial charge in [0, 0.05) is 29.3 Å². The van der Waals surface area contributed by atoms with E-state index < -0.39 is 16.9 Å². The SMILES string of the molecule is O=C1c2ccc([N+](=O)[O-])cc2C(COc2ccccc2)C(C#CCOc2ccccc2)N1c1cccc2cccnc12. The number of nitro benzene ring substituents is 1. The molecule has 0 N–H and O–H groups in total. The maximum atomic E-state index is 14.2. The maximum absolute atomic E-state index is 14.2. The third-order valence-corrected chi connectivity index (χ3v) is 7.10. The third-order valence-electron chi connectivity index (χ3n) is 7.10. The monoisotopic (exact) mass is 555 g/mol. The van der Waals surface area contributed by atoms with Crippen LogP contribution >= 0.6 is 0 Å². The normalized spacial score (nSPS) is 15.8. The second kappa shape index (κ2) is 11.8. The van der Waals surface area contributed by atoms with E-state index in [1.165, 1.54) is 18.2 Å². The van der Waals surface area contributed by atoms with Gasteiger partial charge in [-0.2, -0.15) is 0 Å². The van der Waals surface area contributed by atoms with E-state index in [4.69, 9.17) is 9.47 Å². The summed E-state index contributed by atoms with van der Waals surface area (Å²) in [7, 11) is 0. The molecule has 1 aliphatic rings. The molecule has 4 aromatic carbocycles. The highest BCUT2D eigenvalue weighted by Gasteiger charge is 2.42. The number of nitro groups is 1. The highest BCUT2D eigenvalue weighted by Crippen LogP contribution is 2.40. The summed E-state index contributed by atoms with van der Waals surface area (Å²) in [5.41, 5.74) is 2.00. The minimum absolute atomic E-state index is 0.0877. The van der Waals surface area contributed by atoms with Crippen LogP contribution in [-0.2, 0) is 0 Å². The van der Waals surface area contributed by atoms with Crippen molar-refractivity contribution in [3.8, 4) is 23.3 Å². The predicted molar refractivity (Wildman–Crippen MR) is 160 cm³/mol. The molecule has 0 spiro atoms. The number of hydrogen-bond acceptors (Lipinski definition) is 6. The van der Waals surface area contributed by atoms with E-state index in [9.17, 15) is 14.9 Å². The van der Waals surface area contributed by atoms with E-state index in [0.29, 0.717) is 33.8 Å². The zero-order chi connectivity index (χ0) is 28.9. The Hall–Kier alpha value is -5.68. The van der Waals surface area contributed by atoms with Gasteiger partial charge >= 0.3 is 0 Å². The molecule has 0 saturated carbocycles. The molecule has 0 fully saturated rings. The number of rotatable bonds is 7. The molecule has 0 aliphatic carbocycles. The Morgan fingerprint density at radius 3 is 2.31 bits per heavy atom. The average Bonchev–Trinajstić information content (AvgIpc) is 3.03. The number of non-ortho nitro benzene ring substituents is 1. The largest absolute Gasteiger partial charge is 0.493 e. The lowest BCUT2D eigenvalue weighted by atomic mass is 9.82. The fraction of sp³-hybridized carbons (Fsp3) is 0.118. The number of ether oxygens (including phenoxy) is 2. The van der Waals surface area contributed by atoms with Gasteiger partial charge in [0.1, 0.15) is 24.1 Å². The summed E-state index contributed by atoms with van der Waals surface area (Å²) in [6, 6.07) is 31.6. The molecule has 6 rings (SSSR count). The molecular weight excluding hydrogens is 530 g/mol. The number of para-hydroxylation sites is 3. The Kier molecular flexibility index (Phi) is 7.47. The molecule has 0 saturated heterocycles. The van der Waals surface area contributed by atoms with Crippen molar-refractivity contribution in [2.45, 2.75) is 12.0 Å². The molecule has 1 amide bonds. The minimum atomic E-state index is -0.734. The van der Waals surface area contributed by atoms with Crippen molar-refractivity contribution in [2.75, 3.05) is 18.1 Å². The Balaban J connectivity index is 1.48. The van der Waals surface area contributed by atoms with E-state index in [1.54, 1.807) is 11.1 Å². The molecule has 2 unspecified atom stereocenters. The van der Waals surface area contributed by atoms with E-state index in [-0.39, 0.29) is 24.8 Å². The van der Waals surface area contributed by atoms with Crippen molar-refractivity contribution in [1.29, 1.82) is 0 Å². The van der Waals surface area contributed by atoms with Crippen LogP contribution in [0.5, 0.6) is 11.5 Å². The molecule has 1 aromatic heterocycles. The summed E-state index contributed by atoms with van der Waals surface area (Å²) in [6.45, 7) is 0.212. The number of carbonyl (C=O) groups is 1. The fourth-order valence-electron chi connectivity index (χ4n) is 5.14. The van der Waals surface area contributed by atoms with Gasteiger partial charge in [-0.05, 0) is 48.0 Å². The summed E-state index contributed by atoms with van der Waals surface area (Å²) in [4.78, 5) is 31.7. The fourth-order valence-corrected chi connectivity index (χ4v) is 5.14. The first-order chi connectivity index (χ1) is 20.6. The second-order valence-corrected chi connectivity index (χ2v) is 9.65. The molecule has 5 aromatic rings. The summed E-state index contributed by atoms with van der Waals surface area (Å²) in [5.74, 6) is 6.82. The summed E-state index contributed by atoms with van der Waals surface area (Å²) in [5, 5.41) is 12.6. The molecule has 8 heteroatoms. The van der Waals surface area contributed by atoms with Crippen molar-refractivity contribution < 1.29 is 19.2 Å². The van der Waals surface area contributed by atoms with Crippen LogP contribution in [0.3, 0.4) is 0 Å². The zero-order valence-electron chi connectivity index (χ0n) is 22.4. The molecule has 42 heavy (non-hydrogen) atoms. The number of anilines is 1. The molecule has 0 bridgehead atoms. The molecule has 2 heterocycles. The third kappa shape index (κ3) is 5.36. The van der Waals surface area contributed by atoms with E-state index >= 15 is 0 Å². The van der Waals surface area contributed by atoms with Crippen molar-refractivity contribution in [2.24, 2.45) is 0 Å². The van der Waals surface area contributed by atoms with Gasteiger partial charge in [0.15, 0.2) is 0 Å². The van der Waals surface area contributed by atoms with Crippen molar-refractivity contribution in [1.82, 2.24) is 4.98 Å². The van der Waals surface area contributed by atoms with Crippen LogP contribution in [0, 0.1) is 22.0 Å². The van der Waals surface area contributed by atoms with Crippen molar-refractivity contribution >= 4 is 28.2 Å². The lowest BCUT2D eigenvalue weighted by Gasteiger charge is -2.39. The van der Waals surface area contributed by atoms with E-state index in [0.717, 1.165) is 5.39 Å². The highest BCUT2D eigenvalue weighted by molar-refractivity contribution is 6.13. The lowest BCUT2D eigenvalue weighted by Crippen LogP contribution is -2.49. The van der Waals surface area contributed by atoms with Crippen molar-refractivity contribution in [3.63, 3.8) is 0 Å². The number of fused-ring (bicyclic) bond motifs is 2. The van der Waals surface area contributed by atoms with Gasteiger partial charge < -0.3 is 9.47 Å². The van der Waals surface area contributed by atoms with Crippen molar-refractivity contribution in [3.05, 3.63) is 137 Å². The molecular formula is C34H25N3O5. The Morgan fingerprint density at radius 1 is 0.857 bits per heavy atom. The molecule has 2 atom stereocenters. The number of hydrogen-bond donors (Lipinski definition) is 0. The molecule has 206 valence electrons. The van der Waals surface area contributed by atoms with Gasteiger partial charge in [0.25, 0.3) is 11.6 Å². The second-order valence-electron chi connectivity index (χ2n) is 9.65. The summed E-state index contributed by atoms with van der Waals surface area (Å²) < 4.78 is 12.0. The number of aromatic nitrogens is 1. The van der Waals surface area contributed by atoms with Crippen LogP contribution in [0.25, 0.3) is 10.9 Å². The zero-order valence-corrected chi connectivity index (χ0v) is 22.4. The van der Waals surface area contributed by atoms with Gasteiger partial charge in [-0.25, -0.2) is 0 Å². The van der Waals surface area contributed by atoms with Crippen LogP contribution < -0.4 is 14.4 Å². The van der Waals surface area contributed by atoms with Gasteiger partial charge in [-0.1, -0.05) is 66.4 Å². The van der Waals surface area contributed by atoms with Gasteiger partial charge in [-0.3, -0.25) is 24.8 Å². The first-order valence-corrected chi connectivity index (χ1v) is 13.4. The van der Waals surface area contributed by atoms with Crippen LogP contribution in [0.1, 0.15) is 21.8 Å². The van der Waals surface area contributed by atoms with Crippen LogP contribution in [0.4, 0.5) is 11.4 Å². The molecule has 1 aliphatic heterocycles. The molecule has 0 radical (unpaired) electrons. The minimum Gasteiger partial charge on any atom is -0.493 e. The van der Waals surface area contributed by atoms with Crippen LogP contribution in [-0.4, -0.2) is 35.1 Å². The number of carbonyl (C=O) groups excluding carboxylic acids is 1. The van der Waals surface area contributed by atoms with Crippen LogP contribution in [0.2, 0.25) is 0 Å². The molecule has 8 nitrogen and oxygen atoms in total. The lowest BCUT2D eigenvalue weighted by molar-refractivity contribution is -0.384. The summed E-state index contributed by atoms with van der Waals surface area (Å²) in [6.07, 6.45) is 1.68. The highest BCUT2D eigenvalue weighted by atomic mass is 16.6. The van der Waals surface area contributed by atoms with Crippen LogP contribution in [0.15, 0.2) is 115 Å². The number of pyridine rings is 1. The predicted octanol–water partition coefficient (Wildman–Crippen LogP) is 6.42.